The Kier molecular flexibility index (Phi) is 3.49. The van der Waals surface area contributed by atoms with Crippen LogP contribution in [0.4, 0.5) is 0 Å². The molecule has 0 aromatic rings. The lowest BCUT2D eigenvalue weighted by atomic mass is 9.62. The Hall–Kier alpha value is -0.160. The van der Waals surface area contributed by atoms with Crippen LogP contribution in [0.5, 0.6) is 0 Å². The molecule has 0 atom stereocenters. The molecule has 0 aliphatic rings. The van der Waals surface area contributed by atoms with Crippen LogP contribution in [0.2, 0.25) is 0 Å². The molecule has 0 spiro atoms. The molecule has 13 heavy (non-hydrogen) atoms. The molecule has 4 nitrogen and oxygen atoms in total. The molecule has 0 rings (SSSR count). The molecule has 0 amide bonds. The number of aliphatic hydroxyl groups excluding tert-OH is 2. The van der Waals surface area contributed by atoms with Gasteiger partial charge in [0.1, 0.15) is 0 Å². The van der Waals surface area contributed by atoms with Crippen LogP contribution in [0.25, 0.3) is 0 Å². The van der Waals surface area contributed by atoms with Gasteiger partial charge in [0.25, 0.3) is 0 Å². The third kappa shape index (κ3) is 2.02. The molecule has 0 heterocycles. The SMILES string of the molecule is CC(C)(N)C(CO)(CO)C(C)(C)N. The van der Waals surface area contributed by atoms with Crippen LogP contribution in [0.1, 0.15) is 27.7 Å². The van der Waals surface area contributed by atoms with Gasteiger partial charge in [0, 0.05) is 11.1 Å². The summed E-state index contributed by atoms with van der Waals surface area (Å²) in [5.41, 5.74) is 9.51. The predicted molar refractivity (Wildman–Crippen MR) is 53.1 cm³/mol. The summed E-state index contributed by atoms with van der Waals surface area (Å²) in [6.07, 6.45) is 0. The van der Waals surface area contributed by atoms with E-state index in [1.54, 1.807) is 27.7 Å². The van der Waals surface area contributed by atoms with E-state index >= 15 is 0 Å². The zero-order chi connectivity index (χ0) is 10.9. The maximum atomic E-state index is 9.33. The molecule has 80 valence electrons. The maximum absolute atomic E-state index is 9.33. The fourth-order valence-electron chi connectivity index (χ4n) is 1.70. The first kappa shape index (κ1) is 12.8. The Balaban J connectivity index is 5.17. The normalized spacial score (nSPS) is 14.8. The molecule has 0 fully saturated rings. The summed E-state index contributed by atoms with van der Waals surface area (Å²) in [6, 6.07) is 0. The lowest BCUT2D eigenvalue weighted by molar-refractivity contribution is -0.0484. The first-order valence-corrected chi connectivity index (χ1v) is 4.42. The fourth-order valence-corrected chi connectivity index (χ4v) is 1.70. The largest absolute Gasteiger partial charge is 0.396 e. The summed E-state index contributed by atoms with van der Waals surface area (Å²) in [7, 11) is 0. The van der Waals surface area contributed by atoms with Crippen molar-refractivity contribution in [2.24, 2.45) is 16.9 Å². The zero-order valence-electron chi connectivity index (χ0n) is 8.96. The molecule has 0 bridgehead atoms. The molecule has 0 aliphatic heterocycles. The second-order valence-electron chi connectivity index (χ2n) is 4.84. The molecule has 0 aromatic carbocycles. The molecule has 0 saturated carbocycles. The van der Waals surface area contributed by atoms with Crippen LogP contribution in [0.3, 0.4) is 0 Å². The summed E-state index contributed by atoms with van der Waals surface area (Å²) >= 11 is 0. The Morgan fingerprint density at radius 1 is 0.846 bits per heavy atom. The van der Waals surface area contributed by atoms with E-state index in [-0.39, 0.29) is 13.2 Å². The highest BCUT2D eigenvalue weighted by atomic mass is 16.3. The van der Waals surface area contributed by atoms with Gasteiger partial charge in [0.05, 0.1) is 18.6 Å². The number of aliphatic hydroxyl groups is 2. The summed E-state index contributed by atoms with van der Waals surface area (Å²) in [4.78, 5) is 0. The van der Waals surface area contributed by atoms with Crippen molar-refractivity contribution < 1.29 is 10.2 Å². The van der Waals surface area contributed by atoms with Crippen molar-refractivity contribution >= 4 is 0 Å². The Morgan fingerprint density at radius 2 is 1.08 bits per heavy atom. The Bertz CT molecular complexity index is 147. The highest BCUT2D eigenvalue weighted by molar-refractivity contribution is 5.07. The predicted octanol–water partition coefficient (Wildman–Crippen LogP) is -0.568. The van der Waals surface area contributed by atoms with Gasteiger partial charge in [-0.25, -0.2) is 0 Å². The number of hydrogen-bond donors (Lipinski definition) is 4. The molecule has 0 unspecified atom stereocenters. The number of rotatable bonds is 4. The highest BCUT2D eigenvalue weighted by Crippen LogP contribution is 2.37. The molecule has 0 saturated heterocycles. The van der Waals surface area contributed by atoms with E-state index < -0.39 is 16.5 Å². The van der Waals surface area contributed by atoms with Gasteiger partial charge in [-0.1, -0.05) is 0 Å². The third-order valence-corrected chi connectivity index (χ3v) is 3.01. The van der Waals surface area contributed by atoms with Gasteiger partial charge >= 0.3 is 0 Å². The quantitative estimate of drug-likeness (QED) is 0.478. The monoisotopic (exact) mass is 190 g/mol. The van der Waals surface area contributed by atoms with Gasteiger partial charge in [-0.05, 0) is 27.7 Å². The standard InChI is InChI=1S/C9H22N2O2/c1-7(2,10)9(5-12,6-13)8(3,4)11/h12-13H,5-6,10-11H2,1-4H3. The Morgan fingerprint density at radius 3 is 1.08 bits per heavy atom. The first-order chi connectivity index (χ1) is 5.62. The van der Waals surface area contributed by atoms with Crippen molar-refractivity contribution in [2.45, 2.75) is 38.8 Å². The van der Waals surface area contributed by atoms with E-state index in [0.717, 1.165) is 0 Å². The van der Waals surface area contributed by atoms with E-state index in [2.05, 4.69) is 0 Å². The Labute approximate surface area is 79.9 Å². The van der Waals surface area contributed by atoms with Gasteiger partial charge in [-0.2, -0.15) is 0 Å². The molecule has 0 aromatic heterocycles. The van der Waals surface area contributed by atoms with Crippen LogP contribution < -0.4 is 11.5 Å². The lowest BCUT2D eigenvalue weighted by Gasteiger charge is -2.50. The minimum absolute atomic E-state index is 0.226. The summed E-state index contributed by atoms with van der Waals surface area (Å²) in [6.45, 7) is 6.58. The van der Waals surface area contributed by atoms with Crippen LogP contribution in [0, 0.1) is 5.41 Å². The summed E-state index contributed by atoms with van der Waals surface area (Å²) < 4.78 is 0. The summed E-state index contributed by atoms with van der Waals surface area (Å²) in [5.74, 6) is 0. The molecule has 0 aliphatic carbocycles. The van der Waals surface area contributed by atoms with Crippen molar-refractivity contribution in [3.63, 3.8) is 0 Å². The van der Waals surface area contributed by atoms with E-state index in [0.29, 0.717) is 0 Å². The zero-order valence-corrected chi connectivity index (χ0v) is 8.96. The minimum atomic E-state index is -0.875. The van der Waals surface area contributed by atoms with E-state index in [1.807, 2.05) is 0 Å². The van der Waals surface area contributed by atoms with E-state index in [4.69, 9.17) is 11.5 Å². The average Bonchev–Trinajstić information content (AvgIpc) is 1.84. The van der Waals surface area contributed by atoms with Crippen LogP contribution in [-0.4, -0.2) is 34.5 Å². The van der Waals surface area contributed by atoms with E-state index in [1.165, 1.54) is 0 Å². The van der Waals surface area contributed by atoms with Crippen LogP contribution in [-0.2, 0) is 0 Å². The number of nitrogens with two attached hydrogens (primary N) is 2. The molecular weight excluding hydrogens is 168 g/mol. The van der Waals surface area contributed by atoms with Gasteiger partial charge in [0.15, 0.2) is 0 Å². The average molecular weight is 190 g/mol. The van der Waals surface area contributed by atoms with Crippen LogP contribution in [0.15, 0.2) is 0 Å². The molecule has 6 N–H and O–H groups in total. The third-order valence-electron chi connectivity index (χ3n) is 3.01. The van der Waals surface area contributed by atoms with Gasteiger partial charge in [-0.15, -0.1) is 0 Å². The molecular formula is C9H22N2O2. The maximum Gasteiger partial charge on any atom is 0.0544 e. The highest BCUT2D eigenvalue weighted by Gasteiger charge is 2.51. The van der Waals surface area contributed by atoms with Crippen molar-refractivity contribution in [1.29, 1.82) is 0 Å². The van der Waals surface area contributed by atoms with Crippen molar-refractivity contribution in [3.8, 4) is 0 Å². The van der Waals surface area contributed by atoms with Gasteiger partial charge in [-0.3, -0.25) is 0 Å². The summed E-state index contributed by atoms with van der Waals surface area (Å²) in [5, 5.41) is 18.7. The van der Waals surface area contributed by atoms with Crippen LogP contribution >= 0.6 is 0 Å². The second-order valence-corrected chi connectivity index (χ2v) is 4.84. The first-order valence-electron chi connectivity index (χ1n) is 4.42. The smallest absolute Gasteiger partial charge is 0.0544 e. The van der Waals surface area contributed by atoms with E-state index in [9.17, 15) is 10.2 Å². The minimum Gasteiger partial charge on any atom is -0.396 e. The van der Waals surface area contributed by atoms with Crippen molar-refractivity contribution in [1.82, 2.24) is 0 Å². The fraction of sp³-hybridized carbons (Fsp3) is 1.00. The lowest BCUT2D eigenvalue weighted by Crippen LogP contribution is -2.68. The van der Waals surface area contributed by atoms with Crippen molar-refractivity contribution in [2.75, 3.05) is 13.2 Å². The van der Waals surface area contributed by atoms with Crippen molar-refractivity contribution in [3.05, 3.63) is 0 Å². The number of hydrogen-bond acceptors (Lipinski definition) is 4. The molecule has 4 heteroatoms. The van der Waals surface area contributed by atoms with Gasteiger partial charge in [0.2, 0.25) is 0 Å². The second kappa shape index (κ2) is 3.53. The molecule has 0 radical (unpaired) electrons. The van der Waals surface area contributed by atoms with Gasteiger partial charge < -0.3 is 21.7 Å². The topological polar surface area (TPSA) is 92.5 Å².